The number of aromatic nitrogens is 1. The molecule has 1 unspecified atom stereocenters. The molecule has 4 amide bonds. The Labute approximate surface area is 116 Å². The summed E-state index contributed by atoms with van der Waals surface area (Å²) in [5, 5.41) is 7.32. The second-order valence-electron chi connectivity index (χ2n) is 4.64. The van der Waals surface area contributed by atoms with Crippen LogP contribution in [0.3, 0.4) is 0 Å². The summed E-state index contributed by atoms with van der Waals surface area (Å²) in [6, 6.07) is 2.65. The normalized spacial score (nSPS) is 17.6. The van der Waals surface area contributed by atoms with E-state index >= 15 is 0 Å². The van der Waals surface area contributed by atoms with E-state index < -0.39 is 12.1 Å². The molecule has 2 heterocycles. The van der Waals surface area contributed by atoms with E-state index in [1.54, 1.807) is 6.20 Å². The maximum Gasteiger partial charge on any atom is 0.322 e. The topological polar surface area (TPSA) is 100 Å². The number of rotatable bonds is 5. The monoisotopic (exact) mass is 276 g/mol. The number of aryl methyl sites for hydroxylation is 1. The highest BCUT2D eigenvalue weighted by Crippen LogP contribution is 2.03. The smallest absolute Gasteiger partial charge is 0.322 e. The Balaban J connectivity index is 1.72. The number of nitrogens with zero attached hydrogens (tertiary/aromatic N) is 1. The Morgan fingerprint density at radius 1 is 1.40 bits per heavy atom. The van der Waals surface area contributed by atoms with Crippen molar-refractivity contribution in [1.82, 2.24) is 20.9 Å². The zero-order valence-electron chi connectivity index (χ0n) is 11.1. The van der Waals surface area contributed by atoms with Crippen LogP contribution >= 0.6 is 0 Å². The van der Waals surface area contributed by atoms with E-state index in [0.717, 1.165) is 11.3 Å². The van der Waals surface area contributed by atoms with E-state index in [-0.39, 0.29) is 24.7 Å². The Morgan fingerprint density at radius 3 is 2.80 bits per heavy atom. The van der Waals surface area contributed by atoms with Crippen LogP contribution in [-0.2, 0) is 16.1 Å². The Kier molecular flexibility index (Phi) is 4.29. The van der Waals surface area contributed by atoms with Crippen molar-refractivity contribution in [3.05, 3.63) is 29.6 Å². The number of urea groups is 1. The molecule has 3 N–H and O–H groups in total. The highest BCUT2D eigenvalue weighted by molar-refractivity contribution is 6.04. The van der Waals surface area contributed by atoms with Gasteiger partial charge in [-0.25, -0.2) is 4.79 Å². The fraction of sp³-hybridized carbons (Fsp3) is 0.385. The van der Waals surface area contributed by atoms with Crippen molar-refractivity contribution in [3.8, 4) is 0 Å². The number of amides is 4. The molecule has 7 heteroatoms. The zero-order valence-corrected chi connectivity index (χ0v) is 11.1. The summed E-state index contributed by atoms with van der Waals surface area (Å²) in [6.07, 6.45) is 2.17. The lowest BCUT2D eigenvalue weighted by Gasteiger charge is -2.08. The average Bonchev–Trinajstić information content (AvgIpc) is 2.74. The van der Waals surface area contributed by atoms with E-state index in [1.165, 1.54) is 0 Å². The Morgan fingerprint density at radius 2 is 2.20 bits per heavy atom. The summed E-state index contributed by atoms with van der Waals surface area (Å²) < 4.78 is 0. The molecule has 1 aliphatic rings. The number of pyridine rings is 1. The first kappa shape index (κ1) is 14.0. The van der Waals surface area contributed by atoms with Gasteiger partial charge in [0.1, 0.15) is 6.04 Å². The first-order valence-corrected chi connectivity index (χ1v) is 6.34. The van der Waals surface area contributed by atoms with Gasteiger partial charge in [0.15, 0.2) is 0 Å². The van der Waals surface area contributed by atoms with E-state index in [9.17, 15) is 14.4 Å². The van der Waals surface area contributed by atoms with Crippen molar-refractivity contribution in [2.75, 3.05) is 0 Å². The molecule has 2 rings (SSSR count). The van der Waals surface area contributed by atoms with Crippen molar-refractivity contribution >= 4 is 17.8 Å². The lowest BCUT2D eigenvalue weighted by Crippen LogP contribution is -2.31. The summed E-state index contributed by atoms with van der Waals surface area (Å²) in [7, 11) is 0. The van der Waals surface area contributed by atoms with E-state index in [1.807, 2.05) is 19.1 Å². The first-order valence-electron chi connectivity index (χ1n) is 6.34. The van der Waals surface area contributed by atoms with Crippen molar-refractivity contribution in [2.45, 2.75) is 32.4 Å². The molecule has 106 valence electrons. The summed E-state index contributed by atoms with van der Waals surface area (Å²) in [5.41, 5.74) is 1.83. The van der Waals surface area contributed by atoms with Crippen LogP contribution < -0.4 is 16.0 Å². The standard InChI is InChI=1S/C13H16N4O3/c1-8-2-3-9(6-14-8)7-15-11(18)5-4-10-12(19)17-13(20)16-10/h2-3,6,10H,4-5,7H2,1H3,(H,15,18)(H2,16,17,19,20). The van der Waals surface area contributed by atoms with Gasteiger partial charge in [-0.1, -0.05) is 6.07 Å². The van der Waals surface area contributed by atoms with Gasteiger partial charge >= 0.3 is 6.03 Å². The maximum absolute atomic E-state index is 11.7. The maximum atomic E-state index is 11.7. The molecular weight excluding hydrogens is 260 g/mol. The van der Waals surface area contributed by atoms with E-state index in [4.69, 9.17) is 0 Å². The third kappa shape index (κ3) is 3.78. The molecule has 1 fully saturated rings. The van der Waals surface area contributed by atoms with Crippen molar-refractivity contribution in [3.63, 3.8) is 0 Å². The van der Waals surface area contributed by atoms with E-state index in [0.29, 0.717) is 6.54 Å². The molecule has 1 aliphatic heterocycles. The van der Waals surface area contributed by atoms with Crippen LogP contribution in [0.1, 0.15) is 24.1 Å². The van der Waals surface area contributed by atoms with Gasteiger partial charge in [-0.05, 0) is 25.0 Å². The lowest BCUT2D eigenvalue weighted by atomic mass is 10.1. The summed E-state index contributed by atoms with van der Waals surface area (Å²) in [6.45, 7) is 2.29. The molecule has 0 radical (unpaired) electrons. The van der Waals surface area contributed by atoms with Gasteiger partial charge in [-0.15, -0.1) is 0 Å². The molecule has 1 saturated heterocycles. The molecule has 1 atom stereocenters. The van der Waals surface area contributed by atoms with Gasteiger partial charge in [0.2, 0.25) is 5.91 Å². The second-order valence-corrected chi connectivity index (χ2v) is 4.64. The molecule has 0 bridgehead atoms. The van der Waals surface area contributed by atoms with Crippen LogP contribution in [0.15, 0.2) is 18.3 Å². The summed E-state index contributed by atoms with van der Waals surface area (Å²) in [5.74, 6) is -0.551. The van der Waals surface area contributed by atoms with Gasteiger partial charge in [0.05, 0.1) is 0 Å². The summed E-state index contributed by atoms with van der Waals surface area (Å²) in [4.78, 5) is 38.0. The fourth-order valence-corrected chi connectivity index (χ4v) is 1.83. The number of nitrogens with one attached hydrogen (secondary N) is 3. The van der Waals surface area contributed by atoms with Gasteiger partial charge in [-0.3, -0.25) is 19.9 Å². The van der Waals surface area contributed by atoms with Crippen LogP contribution in [-0.4, -0.2) is 28.9 Å². The van der Waals surface area contributed by atoms with Crippen LogP contribution in [0.4, 0.5) is 4.79 Å². The third-order valence-corrected chi connectivity index (χ3v) is 2.98. The second kappa shape index (κ2) is 6.14. The minimum absolute atomic E-state index is 0.167. The van der Waals surface area contributed by atoms with Crippen LogP contribution in [0.2, 0.25) is 0 Å². The van der Waals surface area contributed by atoms with Crippen molar-refractivity contribution in [1.29, 1.82) is 0 Å². The van der Waals surface area contributed by atoms with Crippen LogP contribution in [0, 0.1) is 6.92 Å². The van der Waals surface area contributed by atoms with Crippen molar-refractivity contribution in [2.24, 2.45) is 0 Å². The molecule has 0 aromatic carbocycles. The Bertz CT molecular complexity index is 527. The van der Waals surface area contributed by atoms with Crippen LogP contribution in [0.5, 0.6) is 0 Å². The quantitative estimate of drug-likeness (QED) is 0.659. The SMILES string of the molecule is Cc1ccc(CNC(=O)CCC2NC(=O)NC2=O)cn1. The highest BCUT2D eigenvalue weighted by atomic mass is 16.2. The molecule has 0 aliphatic carbocycles. The summed E-state index contributed by atoms with van der Waals surface area (Å²) >= 11 is 0. The average molecular weight is 276 g/mol. The van der Waals surface area contributed by atoms with Gasteiger partial charge in [0, 0.05) is 24.9 Å². The minimum Gasteiger partial charge on any atom is -0.352 e. The predicted octanol–water partition coefficient (Wildman–Crippen LogP) is -0.00558. The highest BCUT2D eigenvalue weighted by Gasteiger charge is 2.29. The molecule has 1 aromatic heterocycles. The lowest BCUT2D eigenvalue weighted by molar-refractivity contribution is -0.122. The molecule has 20 heavy (non-hydrogen) atoms. The molecule has 7 nitrogen and oxygen atoms in total. The fourth-order valence-electron chi connectivity index (χ4n) is 1.83. The molecule has 1 aromatic rings. The Hall–Kier alpha value is -2.44. The van der Waals surface area contributed by atoms with Crippen molar-refractivity contribution < 1.29 is 14.4 Å². The minimum atomic E-state index is -0.616. The molecular formula is C13H16N4O3. The number of carbonyl (C=O) groups excluding carboxylic acids is 3. The number of hydrogen-bond donors (Lipinski definition) is 3. The molecule has 0 spiro atoms. The largest absolute Gasteiger partial charge is 0.352 e. The molecule has 0 saturated carbocycles. The van der Waals surface area contributed by atoms with E-state index in [2.05, 4.69) is 20.9 Å². The number of imide groups is 1. The predicted molar refractivity (Wildman–Crippen MR) is 70.5 cm³/mol. The first-order chi connectivity index (χ1) is 9.54. The van der Waals surface area contributed by atoms with Gasteiger partial charge in [0.25, 0.3) is 5.91 Å². The van der Waals surface area contributed by atoms with Gasteiger partial charge in [-0.2, -0.15) is 0 Å². The number of carbonyl (C=O) groups is 3. The third-order valence-electron chi connectivity index (χ3n) is 2.98. The van der Waals surface area contributed by atoms with Crippen LogP contribution in [0.25, 0.3) is 0 Å². The van der Waals surface area contributed by atoms with Gasteiger partial charge < -0.3 is 10.6 Å². The zero-order chi connectivity index (χ0) is 14.5. The number of hydrogen-bond acceptors (Lipinski definition) is 4.